The van der Waals surface area contributed by atoms with E-state index in [9.17, 15) is 18.0 Å². The Kier molecular flexibility index (Phi) is 5.03. The van der Waals surface area contributed by atoms with Gasteiger partial charge in [0, 0.05) is 32.9 Å². The van der Waals surface area contributed by atoms with Gasteiger partial charge in [0.05, 0.1) is 17.7 Å². The van der Waals surface area contributed by atoms with Crippen molar-refractivity contribution in [3.05, 3.63) is 58.5 Å². The van der Waals surface area contributed by atoms with E-state index in [2.05, 4.69) is 9.69 Å². The molecule has 0 aliphatic carbocycles. The first kappa shape index (κ1) is 20.4. The van der Waals surface area contributed by atoms with Crippen molar-refractivity contribution < 1.29 is 23.1 Å². The molecule has 156 valence electrons. The van der Waals surface area contributed by atoms with Gasteiger partial charge >= 0.3 is 6.18 Å². The summed E-state index contributed by atoms with van der Waals surface area (Å²) >= 11 is 1.30. The molecule has 0 aliphatic heterocycles. The molecule has 0 aliphatic rings. The van der Waals surface area contributed by atoms with E-state index >= 15 is 0 Å². The molecule has 1 amide bonds. The van der Waals surface area contributed by atoms with Gasteiger partial charge in [0.15, 0.2) is 5.65 Å². The number of rotatable bonds is 4. The number of fused-ring (bicyclic) bond motifs is 3. The van der Waals surface area contributed by atoms with Gasteiger partial charge in [-0.1, -0.05) is 0 Å². The molecule has 4 aromatic rings. The van der Waals surface area contributed by atoms with E-state index in [0.717, 1.165) is 33.3 Å². The Balaban J connectivity index is 1.87. The van der Waals surface area contributed by atoms with Crippen LogP contribution in [0.3, 0.4) is 0 Å². The Morgan fingerprint density at radius 1 is 1.23 bits per heavy atom. The summed E-state index contributed by atoms with van der Waals surface area (Å²) in [5.74, 6) is -0.310. The van der Waals surface area contributed by atoms with Gasteiger partial charge < -0.3 is 10.4 Å². The van der Waals surface area contributed by atoms with Crippen molar-refractivity contribution >= 4 is 39.4 Å². The molecule has 0 saturated heterocycles. The lowest BCUT2D eigenvalue weighted by Crippen LogP contribution is -2.34. The normalized spacial score (nSPS) is 13.1. The maximum absolute atomic E-state index is 12.9. The molecule has 0 unspecified atom stereocenters. The van der Waals surface area contributed by atoms with E-state index in [-0.39, 0.29) is 18.6 Å². The van der Waals surface area contributed by atoms with Gasteiger partial charge in [-0.15, -0.1) is 0 Å². The second-order valence-electron chi connectivity index (χ2n) is 7.11. The molecule has 4 rings (SSSR count). The predicted molar refractivity (Wildman–Crippen MR) is 110 cm³/mol. The smallest absolute Gasteiger partial charge is 0.394 e. The fraction of sp³-hybridized carbons (Fsp3) is 0.238. The Morgan fingerprint density at radius 3 is 2.57 bits per heavy atom. The van der Waals surface area contributed by atoms with E-state index < -0.39 is 11.7 Å². The maximum Gasteiger partial charge on any atom is 0.416 e. The molecule has 0 spiro atoms. The first-order chi connectivity index (χ1) is 14.2. The Morgan fingerprint density at radius 2 is 1.93 bits per heavy atom. The van der Waals surface area contributed by atoms with Crippen LogP contribution in [0.5, 0.6) is 0 Å². The molecular weight excluding hydrogens is 415 g/mol. The zero-order chi connectivity index (χ0) is 21.6. The summed E-state index contributed by atoms with van der Waals surface area (Å²) in [6, 6.07) is 9.71. The minimum absolute atomic E-state index is 0.171. The van der Waals surface area contributed by atoms with Crippen LogP contribution in [-0.2, 0) is 6.18 Å². The number of hydrogen-bond donors (Lipinski definition) is 2. The second-order valence-corrected chi connectivity index (χ2v) is 8.08. The number of halogens is 3. The lowest BCUT2D eigenvalue weighted by atomic mass is 10.1. The summed E-state index contributed by atoms with van der Waals surface area (Å²) in [6.07, 6.45) is -4.40. The highest BCUT2D eigenvalue weighted by atomic mass is 32.1. The predicted octanol–water partition coefficient (Wildman–Crippen LogP) is 4.68. The molecule has 2 aromatic carbocycles. The number of nitrogens with one attached hydrogen (secondary N) is 1. The minimum atomic E-state index is -4.40. The molecule has 0 bridgehead atoms. The van der Waals surface area contributed by atoms with Crippen molar-refractivity contribution in [3.8, 4) is 5.69 Å². The van der Waals surface area contributed by atoms with Gasteiger partial charge in [-0.3, -0.25) is 9.36 Å². The molecule has 0 radical (unpaired) electrons. The monoisotopic (exact) mass is 433 g/mol. The van der Waals surface area contributed by atoms with E-state index in [1.54, 1.807) is 29.7 Å². The molecule has 30 heavy (non-hydrogen) atoms. The van der Waals surface area contributed by atoms with Crippen LogP contribution in [-0.4, -0.2) is 32.6 Å². The number of aryl methyl sites for hydroxylation is 1. The number of carbonyl (C=O) groups excluding carboxylic acids is 1. The first-order valence-corrected chi connectivity index (χ1v) is 9.98. The zero-order valence-corrected chi connectivity index (χ0v) is 16.9. The van der Waals surface area contributed by atoms with Crippen LogP contribution in [0.25, 0.3) is 27.6 Å². The van der Waals surface area contributed by atoms with Crippen molar-refractivity contribution in [3.63, 3.8) is 0 Å². The van der Waals surface area contributed by atoms with E-state index in [1.165, 1.54) is 23.7 Å². The molecule has 2 aromatic heterocycles. The number of hydrogen-bond acceptors (Lipinski definition) is 4. The molecule has 1 atom stereocenters. The van der Waals surface area contributed by atoms with E-state index in [4.69, 9.17) is 5.11 Å². The van der Waals surface area contributed by atoms with Gasteiger partial charge in [0.2, 0.25) is 0 Å². The van der Waals surface area contributed by atoms with Gasteiger partial charge in [-0.05, 0) is 67.8 Å². The summed E-state index contributed by atoms with van der Waals surface area (Å²) in [6.45, 7) is 3.44. The lowest BCUT2D eigenvalue weighted by Gasteiger charge is -2.12. The van der Waals surface area contributed by atoms with Crippen molar-refractivity contribution in [2.24, 2.45) is 0 Å². The average Bonchev–Trinajstić information content (AvgIpc) is 3.24. The first-order valence-electron chi connectivity index (χ1n) is 9.20. The maximum atomic E-state index is 12.9. The largest absolute Gasteiger partial charge is 0.416 e. The number of nitrogens with zero attached hydrogens (tertiary/aromatic N) is 2. The third-order valence-electron chi connectivity index (χ3n) is 4.93. The van der Waals surface area contributed by atoms with Gasteiger partial charge in [0.25, 0.3) is 5.91 Å². The number of amides is 1. The van der Waals surface area contributed by atoms with Crippen LogP contribution < -0.4 is 5.32 Å². The molecule has 9 heteroatoms. The molecule has 2 N–H and O–H groups in total. The third kappa shape index (κ3) is 3.44. The fourth-order valence-electron chi connectivity index (χ4n) is 3.42. The topological polar surface area (TPSA) is 67.2 Å². The Bertz CT molecular complexity index is 1240. The molecule has 5 nitrogen and oxygen atoms in total. The zero-order valence-electron chi connectivity index (χ0n) is 16.1. The summed E-state index contributed by atoms with van der Waals surface area (Å²) < 4.78 is 45.1. The molecular formula is C21H18F3N3O2S. The average molecular weight is 433 g/mol. The van der Waals surface area contributed by atoms with Crippen LogP contribution in [0.15, 0.2) is 42.5 Å². The van der Waals surface area contributed by atoms with Crippen molar-refractivity contribution in [1.29, 1.82) is 0 Å². The van der Waals surface area contributed by atoms with Crippen molar-refractivity contribution in [2.45, 2.75) is 26.1 Å². The highest BCUT2D eigenvalue weighted by Crippen LogP contribution is 2.37. The number of aliphatic hydroxyl groups is 1. The van der Waals surface area contributed by atoms with Gasteiger partial charge in [0.1, 0.15) is 0 Å². The quantitative estimate of drug-likeness (QED) is 0.491. The lowest BCUT2D eigenvalue weighted by molar-refractivity contribution is -0.137. The standard InChI is InChI=1S/C21H18F3N3O2S/c1-11(10-28)25-20(29)13-3-8-17-16(9-13)18-12(2)30-26-19(18)27(17)15-6-4-14(5-7-15)21(22,23)24/h3-9,11,28H,10H2,1-2H3,(H,25,29)/t11-/m0/s1. The second kappa shape index (κ2) is 7.41. The highest BCUT2D eigenvalue weighted by Gasteiger charge is 2.30. The summed E-state index contributed by atoms with van der Waals surface area (Å²) in [7, 11) is 0. The van der Waals surface area contributed by atoms with Crippen molar-refractivity contribution in [2.75, 3.05) is 6.61 Å². The fourth-order valence-corrected chi connectivity index (χ4v) is 4.11. The third-order valence-corrected chi connectivity index (χ3v) is 5.67. The van der Waals surface area contributed by atoms with Crippen LogP contribution in [0.4, 0.5) is 13.2 Å². The summed E-state index contributed by atoms with van der Waals surface area (Å²) in [5.41, 5.74) is 1.65. The Hall–Kier alpha value is -2.91. The molecule has 0 saturated carbocycles. The number of carbonyl (C=O) groups is 1. The van der Waals surface area contributed by atoms with Crippen LogP contribution >= 0.6 is 11.5 Å². The highest BCUT2D eigenvalue weighted by molar-refractivity contribution is 7.07. The van der Waals surface area contributed by atoms with E-state index in [0.29, 0.717) is 16.9 Å². The van der Waals surface area contributed by atoms with Gasteiger partial charge in [-0.2, -0.15) is 17.5 Å². The SMILES string of the molecule is Cc1snc2c1c1cc(C(=O)N[C@@H](C)CO)ccc1n2-c1ccc(C(F)(F)F)cc1. The summed E-state index contributed by atoms with van der Waals surface area (Å²) in [5, 5.41) is 13.5. The van der Waals surface area contributed by atoms with Crippen LogP contribution in [0.2, 0.25) is 0 Å². The minimum Gasteiger partial charge on any atom is -0.394 e. The number of aromatic nitrogens is 2. The number of aliphatic hydroxyl groups excluding tert-OH is 1. The Labute approximate surface area is 173 Å². The molecule has 0 fully saturated rings. The number of alkyl halides is 3. The van der Waals surface area contributed by atoms with Crippen molar-refractivity contribution in [1.82, 2.24) is 14.3 Å². The van der Waals surface area contributed by atoms with E-state index in [1.807, 2.05) is 6.92 Å². The molecule has 2 heterocycles. The van der Waals surface area contributed by atoms with Gasteiger partial charge in [-0.25, -0.2) is 0 Å². The van der Waals surface area contributed by atoms with Crippen LogP contribution in [0, 0.1) is 6.92 Å². The number of benzene rings is 2. The van der Waals surface area contributed by atoms with Crippen LogP contribution in [0.1, 0.15) is 27.7 Å². The summed E-state index contributed by atoms with van der Waals surface area (Å²) in [4.78, 5) is 13.4.